The molecule has 0 spiro atoms. The second-order valence-corrected chi connectivity index (χ2v) is 6.25. The Morgan fingerprint density at radius 3 is 2.42 bits per heavy atom. The molecule has 0 bridgehead atoms. The summed E-state index contributed by atoms with van der Waals surface area (Å²) in [5, 5.41) is 24.6. The van der Waals surface area contributed by atoms with Gasteiger partial charge < -0.3 is 10.4 Å². The first-order valence-electron chi connectivity index (χ1n) is 8.27. The minimum Gasteiger partial charge on any atom is -0.394 e. The standard InChI is InChI=1S/C17H25N5O2/c1-5-12(4)15(10-23)18-17(24)14-8-6-13(7-9-14)16-19-21-22(20-16)11(2)3/h6-9,11-12,15,23H,5,10H2,1-4H3,(H,18,24)/t12-,15-/m1/s1. The fourth-order valence-electron chi connectivity index (χ4n) is 2.23. The summed E-state index contributed by atoms with van der Waals surface area (Å²) >= 11 is 0. The van der Waals surface area contributed by atoms with E-state index in [2.05, 4.69) is 20.7 Å². The molecule has 0 aliphatic heterocycles. The second kappa shape index (κ2) is 8.01. The number of tetrazole rings is 1. The Hall–Kier alpha value is -2.28. The number of carbonyl (C=O) groups excluding carboxylic acids is 1. The van der Waals surface area contributed by atoms with Crippen LogP contribution in [0, 0.1) is 5.92 Å². The highest BCUT2D eigenvalue weighted by atomic mass is 16.3. The monoisotopic (exact) mass is 331 g/mol. The van der Waals surface area contributed by atoms with Crippen molar-refractivity contribution in [1.29, 1.82) is 0 Å². The van der Waals surface area contributed by atoms with Crippen LogP contribution in [0.5, 0.6) is 0 Å². The minimum absolute atomic E-state index is 0.0684. The molecule has 0 saturated heterocycles. The largest absolute Gasteiger partial charge is 0.394 e. The fraction of sp³-hybridized carbons (Fsp3) is 0.529. The van der Waals surface area contributed by atoms with Crippen molar-refractivity contribution in [2.75, 3.05) is 6.61 Å². The Morgan fingerprint density at radius 2 is 1.92 bits per heavy atom. The third kappa shape index (κ3) is 4.17. The summed E-state index contributed by atoms with van der Waals surface area (Å²) < 4.78 is 0. The van der Waals surface area contributed by atoms with Gasteiger partial charge in [-0.1, -0.05) is 32.4 Å². The van der Waals surface area contributed by atoms with Crippen molar-refractivity contribution < 1.29 is 9.90 Å². The van der Waals surface area contributed by atoms with Crippen LogP contribution in [0.1, 0.15) is 50.5 Å². The lowest BCUT2D eigenvalue weighted by molar-refractivity contribution is 0.0891. The molecule has 2 N–H and O–H groups in total. The number of aliphatic hydroxyl groups excluding tert-OH is 1. The summed E-state index contributed by atoms with van der Waals surface area (Å²) in [6.07, 6.45) is 0.890. The van der Waals surface area contributed by atoms with Crippen molar-refractivity contribution in [1.82, 2.24) is 25.5 Å². The Kier molecular flexibility index (Phi) is 6.03. The number of benzene rings is 1. The van der Waals surface area contributed by atoms with Crippen LogP contribution in [0.2, 0.25) is 0 Å². The molecule has 1 aromatic heterocycles. The van der Waals surface area contributed by atoms with E-state index < -0.39 is 0 Å². The van der Waals surface area contributed by atoms with Crippen LogP contribution in [-0.2, 0) is 0 Å². The molecular weight excluding hydrogens is 306 g/mol. The van der Waals surface area contributed by atoms with Gasteiger partial charge in [-0.3, -0.25) is 4.79 Å². The van der Waals surface area contributed by atoms with Crippen molar-refractivity contribution in [3.05, 3.63) is 29.8 Å². The van der Waals surface area contributed by atoms with Crippen LogP contribution in [0.4, 0.5) is 0 Å². The van der Waals surface area contributed by atoms with Gasteiger partial charge in [-0.2, -0.15) is 4.80 Å². The summed E-state index contributed by atoms with van der Waals surface area (Å²) in [5.41, 5.74) is 1.34. The highest BCUT2D eigenvalue weighted by molar-refractivity contribution is 5.94. The number of aliphatic hydroxyl groups is 1. The number of hydrogen-bond donors (Lipinski definition) is 2. The van der Waals surface area contributed by atoms with Crippen LogP contribution >= 0.6 is 0 Å². The van der Waals surface area contributed by atoms with Gasteiger partial charge in [0.1, 0.15) is 0 Å². The summed E-state index contributed by atoms with van der Waals surface area (Å²) in [5.74, 6) is 0.552. The summed E-state index contributed by atoms with van der Waals surface area (Å²) in [7, 11) is 0. The normalized spacial score (nSPS) is 13.8. The van der Waals surface area contributed by atoms with E-state index in [0.29, 0.717) is 11.4 Å². The zero-order valence-electron chi connectivity index (χ0n) is 14.6. The second-order valence-electron chi connectivity index (χ2n) is 6.25. The first-order chi connectivity index (χ1) is 11.5. The van der Waals surface area contributed by atoms with E-state index in [9.17, 15) is 9.90 Å². The fourth-order valence-corrected chi connectivity index (χ4v) is 2.23. The maximum absolute atomic E-state index is 12.3. The van der Waals surface area contributed by atoms with E-state index in [1.807, 2.05) is 27.7 Å². The number of carbonyl (C=O) groups is 1. The first kappa shape index (κ1) is 18.1. The van der Waals surface area contributed by atoms with Gasteiger partial charge in [0.2, 0.25) is 5.82 Å². The molecule has 0 aliphatic carbocycles. The Balaban J connectivity index is 2.09. The van der Waals surface area contributed by atoms with Crippen molar-refractivity contribution in [3.63, 3.8) is 0 Å². The van der Waals surface area contributed by atoms with E-state index >= 15 is 0 Å². The summed E-state index contributed by atoms with van der Waals surface area (Å²) in [6, 6.07) is 6.96. The van der Waals surface area contributed by atoms with Gasteiger partial charge in [0.05, 0.1) is 18.7 Å². The van der Waals surface area contributed by atoms with Gasteiger partial charge in [0.25, 0.3) is 5.91 Å². The van der Waals surface area contributed by atoms with Crippen molar-refractivity contribution in [2.45, 2.75) is 46.2 Å². The lowest BCUT2D eigenvalue weighted by atomic mass is 9.99. The lowest BCUT2D eigenvalue weighted by Crippen LogP contribution is -2.41. The molecule has 1 heterocycles. The summed E-state index contributed by atoms with van der Waals surface area (Å²) in [4.78, 5) is 13.9. The maximum atomic E-state index is 12.3. The Bertz CT molecular complexity index is 666. The van der Waals surface area contributed by atoms with Gasteiger partial charge in [-0.15, -0.1) is 10.2 Å². The third-order valence-corrected chi connectivity index (χ3v) is 4.14. The van der Waals surface area contributed by atoms with Crippen molar-refractivity contribution >= 4 is 5.91 Å². The molecule has 7 heteroatoms. The number of amides is 1. The van der Waals surface area contributed by atoms with Crippen LogP contribution in [0.3, 0.4) is 0 Å². The smallest absolute Gasteiger partial charge is 0.251 e. The molecule has 0 fully saturated rings. The van der Waals surface area contributed by atoms with E-state index in [1.54, 1.807) is 29.1 Å². The molecule has 1 amide bonds. The van der Waals surface area contributed by atoms with Gasteiger partial charge in [0, 0.05) is 11.1 Å². The van der Waals surface area contributed by atoms with E-state index in [0.717, 1.165) is 12.0 Å². The Labute approximate surface area is 142 Å². The molecule has 2 atom stereocenters. The number of nitrogens with one attached hydrogen (secondary N) is 1. The molecule has 24 heavy (non-hydrogen) atoms. The van der Waals surface area contributed by atoms with Gasteiger partial charge in [-0.25, -0.2) is 0 Å². The summed E-state index contributed by atoms with van der Waals surface area (Å²) in [6.45, 7) is 7.93. The van der Waals surface area contributed by atoms with Gasteiger partial charge in [0.15, 0.2) is 0 Å². The predicted molar refractivity (Wildman–Crippen MR) is 91.4 cm³/mol. The molecule has 0 radical (unpaired) electrons. The molecular formula is C17H25N5O2. The van der Waals surface area contributed by atoms with Gasteiger partial charge >= 0.3 is 0 Å². The maximum Gasteiger partial charge on any atom is 0.251 e. The van der Waals surface area contributed by atoms with Crippen LogP contribution in [0.25, 0.3) is 11.4 Å². The zero-order valence-corrected chi connectivity index (χ0v) is 14.6. The zero-order chi connectivity index (χ0) is 17.7. The van der Waals surface area contributed by atoms with Crippen LogP contribution < -0.4 is 5.32 Å². The topological polar surface area (TPSA) is 92.9 Å². The highest BCUT2D eigenvalue weighted by Crippen LogP contribution is 2.16. The van der Waals surface area contributed by atoms with Gasteiger partial charge in [-0.05, 0) is 37.1 Å². The number of nitrogens with zero attached hydrogens (tertiary/aromatic N) is 4. The molecule has 130 valence electrons. The van der Waals surface area contributed by atoms with Crippen molar-refractivity contribution in [3.8, 4) is 11.4 Å². The van der Waals surface area contributed by atoms with Crippen LogP contribution in [-0.4, -0.2) is 43.9 Å². The van der Waals surface area contributed by atoms with E-state index in [-0.39, 0.29) is 30.5 Å². The van der Waals surface area contributed by atoms with E-state index in [1.165, 1.54) is 0 Å². The predicted octanol–water partition coefficient (Wildman–Crippen LogP) is 2.06. The first-order valence-corrected chi connectivity index (χ1v) is 8.27. The average Bonchev–Trinajstić information content (AvgIpc) is 3.09. The van der Waals surface area contributed by atoms with Crippen molar-refractivity contribution in [2.24, 2.45) is 5.92 Å². The average molecular weight is 331 g/mol. The SMILES string of the molecule is CC[C@@H](C)[C@@H](CO)NC(=O)c1ccc(-c2nnn(C(C)C)n2)cc1. The lowest BCUT2D eigenvalue weighted by Gasteiger charge is -2.22. The number of rotatable bonds is 7. The Morgan fingerprint density at radius 1 is 1.25 bits per heavy atom. The molecule has 7 nitrogen and oxygen atoms in total. The third-order valence-electron chi connectivity index (χ3n) is 4.14. The number of hydrogen-bond acceptors (Lipinski definition) is 5. The molecule has 2 aromatic rings. The molecule has 0 saturated carbocycles. The molecule has 0 aliphatic rings. The molecule has 1 aromatic carbocycles. The molecule has 2 rings (SSSR count). The number of aromatic nitrogens is 4. The van der Waals surface area contributed by atoms with E-state index in [4.69, 9.17) is 0 Å². The minimum atomic E-state index is -0.241. The highest BCUT2D eigenvalue weighted by Gasteiger charge is 2.18. The quantitative estimate of drug-likeness (QED) is 0.810. The molecule has 0 unspecified atom stereocenters. The van der Waals surface area contributed by atoms with Crippen LogP contribution in [0.15, 0.2) is 24.3 Å².